The van der Waals surface area contributed by atoms with Gasteiger partial charge in [0, 0.05) is 17.4 Å². The second-order valence-corrected chi connectivity index (χ2v) is 5.98. The van der Waals surface area contributed by atoms with Crippen molar-refractivity contribution in [1.29, 1.82) is 0 Å². The van der Waals surface area contributed by atoms with Crippen LogP contribution in [0.3, 0.4) is 0 Å². The topological polar surface area (TPSA) is 71.1 Å². The molecule has 2 N–H and O–H groups in total. The fraction of sp³-hybridized carbons (Fsp3) is 0. The molecule has 2 amide bonds. The van der Waals surface area contributed by atoms with E-state index in [1.807, 2.05) is 0 Å². The van der Waals surface area contributed by atoms with Gasteiger partial charge in [-0.15, -0.1) is 0 Å². The van der Waals surface area contributed by atoms with Crippen LogP contribution in [0.1, 0.15) is 20.8 Å². The van der Waals surface area contributed by atoms with E-state index < -0.39 is 35.0 Å². The normalized spacial score (nSPS) is 10.4. The molecule has 142 valence electrons. The van der Waals surface area contributed by atoms with Crippen LogP contribution in [0.25, 0.3) is 0 Å². The zero-order chi connectivity index (χ0) is 20.3. The number of halogens is 4. The van der Waals surface area contributed by atoms with Gasteiger partial charge >= 0.3 is 0 Å². The Balaban J connectivity index is 1.83. The zero-order valence-corrected chi connectivity index (χ0v) is 14.7. The second-order valence-electron chi connectivity index (χ2n) is 5.57. The van der Waals surface area contributed by atoms with Gasteiger partial charge in [0.05, 0.1) is 10.7 Å². The lowest BCUT2D eigenvalue weighted by atomic mass is 10.1. The third-order valence-electron chi connectivity index (χ3n) is 3.59. The summed E-state index contributed by atoms with van der Waals surface area (Å²) in [4.78, 5) is 28.0. The van der Waals surface area contributed by atoms with Crippen molar-refractivity contribution in [3.8, 4) is 0 Å². The number of anilines is 2. The van der Waals surface area contributed by atoms with Crippen LogP contribution in [0.2, 0.25) is 5.02 Å². The van der Waals surface area contributed by atoms with Crippen LogP contribution in [-0.2, 0) is 0 Å². The smallest absolute Gasteiger partial charge is 0.277 e. The van der Waals surface area contributed by atoms with Gasteiger partial charge in [-0.2, -0.15) is 0 Å². The molecule has 1 heterocycles. The fourth-order valence-corrected chi connectivity index (χ4v) is 2.51. The van der Waals surface area contributed by atoms with Crippen molar-refractivity contribution in [2.24, 2.45) is 0 Å². The number of amides is 2. The standard InChI is InChI=1S/C19H11ClF3N3O2/c20-13-3-1-5-15(16(13)23)26-18(27)10-7-11(21)9-12(8-10)25-19(28)17-14(22)4-2-6-24-17/h1-9H,(H,25,28)(H,26,27). The Labute approximate surface area is 162 Å². The molecule has 0 unspecified atom stereocenters. The van der Waals surface area contributed by atoms with Gasteiger partial charge in [0.2, 0.25) is 0 Å². The molecule has 0 saturated carbocycles. The third-order valence-corrected chi connectivity index (χ3v) is 3.88. The van der Waals surface area contributed by atoms with E-state index in [-0.39, 0.29) is 22.0 Å². The largest absolute Gasteiger partial charge is 0.320 e. The molecule has 0 aliphatic carbocycles. The first-order valence-electron chi connectivity index (χ1n) is 7.83. The number of rotatable bonds is 4. The van der Waals surface area contributed by atoms with E-state index in [0.29, 0.717) is 0 Å². The van der Waals surface area contributed by atoms with Crippen molar-refractivity contribution >= 4 is 34.8 Å². The molecule has 0 bridgehead atoms. The first-order valence-corrected chi connectivity index (χ1v) is 8.21. The maximum atomic E-state index is 13.9. The second kappa shape index (κ2) is 8.10. The molecule has 0 spiro atoms. The number of benzene rings is 2. The van der Waals surface area contributed by atoms with Crippen molar-refractivity contribution in [3.05, 3.63) is 88.5 Å². The van der Waals surface area contributed by atoms with Crippen LogP contribution >= 0.6 is 11.6 Å². The number of nitrogens with zero attached hydrogens (tertiary/aromatic N) is 1. The number of pyridine rings is 1. The number of nitrogens with one attached hydrogen (secondary N) is 2. The Morgan fingerprint density at radius 2 is 1.71 bits per heavy atom. The molecule has 0 saturated heterocycles. The Hall–Kier alpha value is -3.39. The first-order chi connectivity index (χ1) is 13.3. The molecule has 0 aliphatic heterocycles. The highest BCUT2D eigenvalue weighted by molar-refractivity contribution is 6.31. The number of carbonyl (C=O) groups is 2. The molecule has 0 aliphatic rings. The summed E-state index contributed by atoms with van der Waals surface area (Å²) in [5, 5.41) is 4.34. The number of aromatic nitrogens is 1. The van der Waals surface area contributed by atoms with Crippen LogP contribution in [0.4, 0.5) is 24.5 Å². The van der Waals surface area contributed by atoms with E-state index in [1.165, 1.54) is 30.5 Å². The average molecular weight is 406 g/mol. The minimum Gasteiger partial charge on any atom is -0.320 e. The maximum absolute atomic E-state index is 13.9. The van der Waals surface area contributed by atoms with E-state index in [1.54, 1.807) is 0 Å². The van der Waals surface area contributed by atoms with Crippen molar-refractivity contribution in [2.45, 2.75) is 0 Å². The number of hydrogen-bond acceptors (Lipinski definition) is 3. The lowest BCUT2D eigenvalue weighted by Gasteiger charge is -2.10. The van der Waals surface area contributed by atoms with Crippen LogP contribution in [0.5, 0.6) is 0 Å². The summed E-state index contributed by atoms with van der Waals surface area (Å²) in [6.07, 6.45) is 1.22. The molecule has 2 aromatic carbocycles. The molecular weight excluding hydrogens is 395 g/mol. The van der Waals surface area contributed by atoms with Crippen molar-refractivity contribution < 1.29 is 22.8 Å². The van der Waals surface area contributed by atoms with E-state index >= 15 is 0 Å². The summed E-state index contributed by atoms with van der Waals surface area (Å²) in [6.45, 7) is 0. The van der Waals surface area contributed by atoms with Gasteiger partial charge in [0.1, 0.15) is 5.82 Å². The van der Waals surface area contributed by atoms with Gasteiger partial charge < -0.3 is 10.6 Å². The predicted molar refractivity (Wildman–Crippen MR) is 97.9 cm³/mol. The highest BCUT2D eigenvalue weighted by Gasteiger charge is 2.16. The summed E-state index contributed by atoms with van der Waals surface area (Å²) >= 11 is 5.65. The fourth-order valence-electron chi connectivity index (χ4n) is 2.33. The number of hydrogen-bond donors (Lipinski definition) is 2. The molecule has 0 radical (unpaired) electrons. The first kappa shape index (κ1) is 19.4. The Kier molecular flexibility index (Phi) is 5.60. The van der Waals surface area contributed by atoms with Gasteiger partial charge in [0.15, 0.2) is 17.3 Å². The van der Waals surface area contributed by atoms with Crippen molar-refractivity contribution in [3.63, 3.8) is 0 Å². The van der Waals surface area contributed by atoms with E-state index in [4.69, 9.17) is 11.6 Å². The summed E-state index contributed by atoms with van der Waals surface area (Å²) < 4.78 is 41.4. The van der Waals surface area contributed by atoms with E-state index in [0.717, 1.165) is 24.3 Å². The molecule has 9 heteroatoms. The van der Waals surface area contributed by atoms with Gasteiger partial charge in [-0.25, -0.2) is 18.2 Å². The predicted octanol–water partition coefficient (Wildman–Crippen LogP) is 4.66. The minimum atomic E-state index is -0.920. The molecule has 5 nitrogen and oxygen atoms in total. The average Bonchev–Trinajstić information content (AvgIpc) is 2.65. The zero-order valence-electron chi connectivity index (χ0n) is 14.0. The van der Waals surface area contributed by atoms with Crippen LogP contribution in [-0.4, -0.2) is 16.8 Å². The number of carbonyl (C=O) groups excluding carboxylic acids is 2. The summed E-state index contributed by atoms with van der Waals surface area (Å²) in [5.41, 5.74) is -0.982. The summed E-state index contributed by atoms with van der Waals surface area (Å²) in [6, 6.07) is 9.37. The van der Waals surface area contributed by atoms with Gasteiger partial charge in [-0.1, -0.05) is 17.7 Å². The minimum absolute atomic E-state index is 0.105. The highest BCUT2D eigenvalue weighted by Crippen LogP contribution is 2.23. The Bertz CT molecular complexity index is 1080. The van der Waals surface area contributed by atoms with E-state index in [9.17, 15) is 22.8 Å². The van der Waals surface area contributed by atoms with Gasteiger partial charge in [-0.3, -0.25) is 9.59 Å². The maximum Gasteiger partial charge on any atom is 0.277 e. The highest BCUT2D eigenvalue weighted by atomic mass is 35.5. The Morgan fingerprint density at radius 1 is 0.929 bits per heavy atom. The SMILES string of the molecule is O=C(Nc1cccc(Cl)c1F)c1cc(F)cc(NC(=O)c2ncccc2F)c1. The molecule has 0 fully saturated rings. The molecule has 3 rings (SSSR count). The van der Waals surface area contributed by atoms with Crippen LogP contribution < -0.4 is 10.6 Å². The molecule has 1 aromatic heterocycles. The van der Waals surface area contributed by atoms with Gasteiger partial charge in [0.25, 0.3) is 11.8 Å². The molecule has 28 heavy (non-hydrogen) atoms. The lowest BCUT2D eigenvalue weighted by molar-refractivity contribution is 0.101. The quantitative estimate of drug-likeness (QED) is 0.663. The van der Waals surface area contributed by atoms with Crippen LogP contribution in [0.15, 0.2) is 54.7 Å². The molecule has 0 atom stereocenters. The van der Waals surface area contributed by atoms with Crippen molar-refractivity contribution in [1.82, 2.24) is 4.98 Å². The van der Waals surface area contributed by atoms with Crippen molar-refractivity contribution in [2.75, 3.05) is 10.6 Å². The van der Waals surface area contributed by atoms with Gasteiger partial charge in [-0.05, 0) is 42.5 Å². The third kappa shape index (κ3) is 4.29. The summed E-state index contributed by atoms with van der Waals surface area (Å²) in [7, 11) is 0. The monoisotopic (exact) mass is 405 g/mol. The van der Waals surface area contributed by atoms with Crippen LogP contribution in [0, 0.1) is 17.5 Å². The molecule has 3 aromatic rings. The molecular formula is C19H11ClF3N3O2. The Morgan fingerprint density at radius 3 is 2.46 bits per heavy atom. The lowest BCUT2D eigenvalue weighted by Crippen LogP contribution is -2.17. The summed E-state index contributed by atoms with van der Waals surface area (Å²) in [5.74, 6) is -4.29. The van der Waals surface area contributed by atoms with E-state index in [2.05, 4.69) is 15.6 Å².